The van der Waals surface area contributed by atoms with Crippen molar-refractivity contribution in [3.05, 3.63) is 82.8 Å². The maximum atomic E-state index is 13.1. The van der Waals surface area contributed by atoms with E-state index in [1.807, 2.05) is 30.3 Å². The smallest absolute Gasteiger partial charge is 0.337 e. The Balaban J connectivity index is 0.000000284. The molecule has 1 fully saturated rings. The number of sulfonamides is 1. The molecule has 1 saturated heterocycles. The molecule has 272 valence electrons. The first-order valence-corrected chi connectivity index (χ1v) is 17.8. The molecule has 15 nitrogen and oxygen atoms in total. The highest BCUT2D eigenvalue weighted by molar-refractivity contribution is 7.89. The van der Waals surface area contributed by atoms with Gasteiger partial charge in [0.05, 0.1) is 35.1 Å². The number of primary sulfonamides is 1. The predicted molar refractivity (Wildman–Crippen MR) is 184 cm³/mol. The number of hydrogen-bond acceptors (Lipinski definition) is 10. The monoisotopic (exact) mass is 735 g/mol. The van der Waals surface area contributed by atoms with Crippen molar-refractivity contribution in [2.45, 2.75) is 74.5 Å². The van der Waals surface area contributed by atoms with Crippen LogP contribution in [0.3, 0.4) is 0 Å². The van der Waals surface area contributed by atoms with Crippen molar-refractivity contribution in [1.82, 2.24) is 10.2 Å². The molecule has 0 bridgehead atoms. The van der Waals surface area contributed by atoms with Gasteiger partial charge >= 0.3 is 17.9 Å². The van der Waals surface area contributed by atoms with E-state index in [1.54, 1.807) is 12.1 Å². The Kier molecular flexibility index (Phi) is 15.2. The van der Waals surface area contributed by atoms with E-state index in [0.717, 1.165) is 18.1 Å². The van der Waals surface area contributed by atoms with Gasteiger partial charge in [-0.25, -0.2) is 23.1 Å². The van der Waals surface area contributed by atoms with Gasteiger partial charge in [0.15, 0.2) is 0 Å². The molecule has 1 amide bonds. The van der Waals surface area contributed by atoms with Crippen LogP contribution in [-0.4, -0.2) is 83.7 Å². The summed E-state index contributed by atoms with van der Waals surface area (Å²) >= 11 is 5.84. The lowest BCUT2D eigenvalue weighted by atomic mass is 10.0. The third kappa shape index (κ3) is 11.8. The number of halogens is 1. The zero-order chi connectivity index (χ0) is 36.8. The number of nitrogens with one attached hydrogen (secondary N) is 2. The molecule has 50 heavy (non-hydrogen) atoms. The second kappa shape index (κ2) is 19.1. The van der Waals surface area contributed by atoms with Crippen LogP contribution in [0, 0.1) is 0 Å². The average Bonchev–Trinajstić information content (AvgIpc) is 3.78. The van der Waals surface area contributed by atoms with Crippen LogP contribution < -0.4 is 21.5 Å². The number of carbonyl (C=O) groups excluding carboxylic acids is 1. The first-order chi connectivity index (χ1) is 23.7. The summed E-state index contributed by atoms with van der Waals surface area (Å²) in [5.74, 6) is -3.10. The highest BCUT2D eigenvalue weighted by Crippen LogP contribution is 2.29. The van der Waals surface area contributed by atoms with Crippen molar-refractivity contribution < 1.29 is 47.3 Å². The second-order valence-corrected chi connectivity index (χ2v) is 13.5. The molecule has 0 spiro atoms. The molecule has 0 aliphatic carbocycles. The number of carboxylic acid groups (broad SMARTS) is 3. The first kappa shape index (κ1) is 40.0. The molecular weight excluding hydrogens is 694 g/mol. The summed E-state index contributed by atoms with van der Waals surface area (Å²) in [5.41, 5.74) is 6.48. The number of amides is 1. The number of aliphatic carboxylic acids is 2. The number of anilines is 1. The van der Waals surface area contributed by atoms with E-state index >= 15 is 0 Å². The van der Waals surface area contributed by atoms with Crippen molar-refractivity contribution in [2.75, 3.05) is 18.4 Å². The quantitative estimate of drug-likeness (QED) is 0.0985. The van der Waals surface area contributed by atoms with Gasteiger partial charge in [-0.05, 0) is 74.9 Å². The summed E-state index contributed by atoms with van der Waals surface area (Å²) in [4.78, 5) is 48.5. The molecule has 3 aromatic rings. The van der Waals surface area contributed by atoms with Crippen LogP contribution in [0.5, 0.6) is 0 Å². The van der Waals surface area contributed by atoms with E-state index in [9.17, 15) is 37.8 Å². The van der Waals surface area contributed by atoms with Gasteiger partial charge in [0.25, 0.3) is 0 Å². The minimum absolute atomic E-state index is 0.163. The van der Waals surface area contributed by atoms with E-state index in [1.165, 1.54) is 17.2 Å². The molecule has 0 radical (unpaired) electrons. The molecule has 1 aromatic heterocycles. The van der Waals surface area contributed by atoms with Gasteiger partial charge in [-0.1, -0.05) is 48.4 Å². The highest BCUT2D eigenvalue weighted by Gasteiger charge is 2.38. The SMILES string of the molecule is NCCCC[C@H](N[C@@H](CCc1ccccc1)C(=O)O)C(=O)N1CCC[C@H]1C(=O)O.NS(=O)(=O)c1cc(C(=O)O)c(NCc2ccco2)cc1Cl. The van der Waals surface area contributed by atoms with Crippen LogP contribution in [0.15, 0.2) is 70.2 Å². The maximum Gasteiger partial charge on any atom is 0.337 e. The Morgan fingerprint density at radius 3 is 2.30 bits per heavy atom. The Labute approximate surface area is 294 Å². The summed E-state index contributed by atoms with van der Waals surface area (Å²) < 4.78 is 27.8. The molecule has 0 saturated carbocycles. The largest absolute Gasteiger partial charge is 0.480 e. The highest BCUT2D eigenvalue weighted by atomic mass is 35.5. The summed E-state index contributed by atoms with van der Waals surface area (Å²) in [6.07, 6.45) is 5.24. The maximum absolute atomic E-state index is 13.1. The van der Waals surface area contributed by atoms with Gasteiger partial charge in [0, 0.05) is 6.54 Å². The fraction of sp³-hybridized carbons (Fsp3) is 0.394. The number of hydrogen-bond donors (Lipinski definition) is 7. The minimum Gasteiger partial charge on any atom is -0.480 e. The molecule has 17 heteroatoms. The van der Waals surface area contributed by atoms with Gasteiger partial charge in [0.2, 0.25) is 15.9 Å². The first-order valence-electron chi connectivity index (χ1n) is 15.8. The number of furan rings is 1. The van der Waals surface area contributed by atoms with Crippen LogP contribution in [0.1, 0.15) is 60.2 Å². The van der Waals surface area contributed by atoms with Crippen molar-refractivity contribution in [3.63, 3.8) is 0 Å². The number of rotatable bonds is 17. The number of unbranched alkanes of at least 4 members (excludes halogenated alkanes) is 1. The lowest BCUT2D eigenvalue weighted by molar-refractivity contribution is -0.149. The zero-order valence-electron chi connectivity index (χ0n) is 27.2. The molecule has 0 unspecified atom stereocenters. The van der Waals surface area contributed by atoms with E-state index in [-0.39, 0.29) is 28.7 Å². The fourth-order valence-electron chi connectivity index (χ4n) is 5.43. The number of nitrogens with two attached hydrogens (primary N) is 2. The van der Waals surface area contributed by atoms with Gasteiger partial charge in [-0.15, -0.1) is 0 Å². The number of benzene rings is 2. The van der Waals surface area contributed by atoms with Gasteiger partial charge in [-0.3, -0.25) is 14.9 Å². The topological polar surface area (TPSA) is 256 Å². The number of likely N-dealkylation sites (tertiary alicyclic amines) is 1. The number of aromatic carboxylic acids is 1. The Morgan fingerprint density at radius 1 is 1.00 bits per heavy atom. The molecule has 1 aliphatic heterocycles. The molecule has 3 atom stereocenters. The van der Waals surface area contributed by atoms with Crippen molar-refractivity contribution in [1.29, 1.82) is 0 Å². The summed E-state index contributed by atoms with van der Waals surface area (Å²) in [7, 11) is -4.11. The van der Waals surface area contributed by atoms with Gasteiger partial charge < -0.3 is 35.7 Å². The lowest BCUT2D eigenvalue weighted by Gasteiger charge is -2.29. The van der Waals surface area contributed by atoms with Crippen molar-refractivity contribution in [2.24, 2.45) is 10.9 Å². The van der Waals surface area contributed by atoms with Crippen LogP contribution in [0.25, 0.3) is 0 Å². The van der Waals surface area contributed by atoms with Crippen molar-refractivity contribution >= 4 is 51.1 Å². The lowest BCUT2D eigenvalue weighted by Crippen LogP contribution is -2.54. The molecule has 9 N–H and O–H groups in total. The third-order valence-electron chi connectivity index (χ3n) is 7.97. The second-order valence-electron chi connectivity index (χ2n) is 11.6. The normalized spacial score (nSPS) is 15.4. The summed E-state index contributed by atoms with van der Waals surface area (Å²) in [5, 5.41) is 38.8. The number of aryl methyl sites for hydroxylation is 1. The molecule has 2 aromatic carbocycles. The minimum atomic E-state index is -4.11. The van der Waals surface area contributed by atoms with E-state index in [2.05, 4.69) is 10.6 Å². The van der Waals surface area contributed by atoms with Crippen LogP contribution in [0.4, 0.5) is 5.69 Å². The molecular formula is C33H42ClN5O10S. The van der Waals surface area contributed by atoms with Crippen LogP contribution in [-0.2, 0) is 37.4 Å². The van der Waals surface area contributed by atoms with E-state index < -0.39 is 51.0 Å². The summed E-state index contributed by atoms with van der Waals surface area (Å²) in [6.45, 7) is 1.09. The number of nitrogens with zero attached hydrogens (tertiary/aromatic N) is 1. The van der Waals surface area contributed by atoms with Gasteiger partial charge in [0.1, 0.15) is 22.7 Å². The standard InChI is InChI=1S/C21H31N3O5.C12H11ClN2O5S/c22-13-5-4-9-16(19(25)24-14-6-10-18(24)21(28)29)23-17(20(26)27)12-11-15-7-2-1-3-8-15;13-9-5-10(15-6-7-2-1-3-20-7)8(12(16)17)4-11(9)21(14,18)19/h1-3,7-8,16-18,23H,4-6,9-14,22H2,(H,26,27)(H,28,29);1-5,15H,6H2,(H,16,17)(H2,14,18,19)/t16-,17-,18-;/m0./s1. The fourth-order valence-corrected chi connectivity index (χ4v) is 6.52. The number of carbonyl (C=O) groups is 4. The Morgan fingerprint density at radius 2 is 1.72 bits per heavy atom. The van der Waals surface area contributed by atoms with E-state index in [4.69, 9.17) is 32.0 Å². The molecule has 1 aliphatic rings. The molecule has 2 heterocycles. The summed E-state index contributed by atoms with van der Waals surface area (Å²) in [6, 6.07) is 12.6. The van der Waals surface area contributed by atoms with E-state index in [0.29, 0.717) is 57.4 Å². The zero-order valence-corrected chi connectivity index (χ0v) is 28.7. The van der Waals surface area contributed by atoms with Crippen LogP contribution >= 0.6 is 11.6 Å². The average molecular weight is 736 g/mol. The Hall–Kier alpha value is -4.48. The van der Waals surface area contributed by atoms with Crippen molar-refractivity contribution in [3.8, 4) is 0 Å². The molecule has 4 rings (SSSR count). The third-order valence-corrected chi connectivity index (χ3v) is 9.35. The van der Waals surface area contributed by atoms with Gasteiger partial charge in [-0.2, -0.15) is 0 Å². The number of carboxylic acids is 3. The Bertz CT molecular complexity index is 1710. The predicted octanol–water partition coefficient (Wildman–Crippen LogP) is 3.13. The van der Waals surface area contributed by atoms with Crippen LogP contribution in [0.2, 0.25) is 5.02 Å².